The van der Waals surface area contributed by atoms with Crippen LogP contribution in [0.1, 0.15) is 129 Å². The van der Waals surface area contributed by atoms with Crippen molar-refractivity contribution in [2.24, 2.45) is 0 Å². The largest absolute Gasteiger partial charge is 0.499 e. The van der Waals surface area contributed by atoms with Gasteiger partial charge in [-0.15, -0.1) is 0 Å². The maximum Gasteiger partial charge on any atom is 0.115 e. The van der Waals surface area contributed by atoms with Crippen molar-refractivity contribution in [3.8, 4) is 0 Å². The predicted molar refractivity (Wildman–Crippen MR) is 131 cm³/mol. The van der Waals surface area contributed by atoms with Gasteiger partial charge in [-0.2, -0.15) is 0 Å². The van der Waals surface area contributed by atoms with Gasteiger partial charge in [0.1, 0.15) is 12.7 Å². The van der Waals surface area contributed by atoms with Crippen LogP contribution >= 0.6 is 0 Å². The first kappa shape index (κ1) is 29.2. The molecule has 2 N–H and O–H groups in total. The number of hydrogen-bond donors (Lipinski definition) is 2. The van der Waals surface area contributed by atoms with E-state index in [1.807, 2.05) is 6.08 Å². The zero-order valence-corrected chi connectivity index (χ0v) is 20.0. The van der Waals surface area contributed by atoms with E-state index in [1.54, 1.807) is 6.26 Å². The molecule has 0 aliphatic heterocycles. The van der Waals surface area contributed by atoms with Crippen LogP contribution in [0.25, 0.3) is 0 Å². The molecule has 3 nitrogen and oxygen atoms in total. The molecule has 0 fully saturated rings. The maximum absolute atomic E-state index is 9.12. The van der Waals surface area contributed by atoms with E-state index in [4.69, 9.17) is 14.9 Å². The third-order valence-electron chi connectivity index (χ3n) is 5.57. The molecule has 0 unspecified atom stereocenters. The minimum atomic E-state index is -0.780. The second-order valence-electron chi connectivity index (χ2n) is 8.68. The van der Waals surface area contributed by atoms with E-state index >= 15 is 0 Å². The molecule has 0 saturated carbocycles. The van der Waals surface area contributed by atoms with Gasteiger partial charge < -0.3 is 14.9 Å². The summed E-state index contributed by atoms with van der Waals surface area (Å²) >= 11 is 0. The normalized spacial score (nSPS) is 12.9. The molecule has 30 heavy (non-hydrogen) atoms. The van der Waals surface area contributed by atoms with Gasteiger partial charge in [0.15, 0.2) is 0 Å². The van der Waals surface area contributed by atoms with Crippen molar-refractivity contribution in [3.63, 3.8) is 0 Å². The molecule has 0 spiro atoms. The van der Waals surface area contributed by atoms with Crippen molar-refractivity contribution in [3.05, 3.63) is 24.5 Å². The molecule has 1 atom stereocenters. The lowest BCUT2D eigenvalue weighted by Crippen LogP contribution is -2.17. The van der Waals surface area contributed by atoms with Gasteiger partial charge in [-0.25, -0.2) is 0 Å². The quantitative estimate of drug-likeness (QED) is 0.0941. The topological polar surface area (TPSA) is 49.7 Å². The Morgan fingerprint density at radius 1 is 0.600 bits per heavy atom. The average molecular weight is 425 g/mol. The molecule has 0 heterocycles. The third kappa shape index (κ3) is 25.2. The molecule has 0 saturated heterocycles. The summed E-state index contributed by atoms with van der Waals surface area (Å²) < 4.78 is 5.12. The zero-order chi connectivity index (χ0) is 22.0. The fourth-order valence-electron chi connectivity index (χ4n) is 3.58. The standard InChI is InChI=1S/C27H52O3/c1-2-3-4-5-6-7-8-9-10-11-12-13-14-15-16-17-18-19-20-21-22-23-24-30-26-27(29)25-28/h18-19,23-24,27-29H,2-17,20-22,25-26H2,1H3/b19-18-,24-23-/t27-/m0/s1. The number of unbranched alkanes of at least 4 members (excludes halogenated alkanes) is 17. The fraction of sp³-hybridized carbons (Fsp3) is 0.852. The first-order valence-corrected chi connectivity index (χ1v) is 13.0. The summed E-state index contributed by atoms with van der Waals surface area (Å²) in [6.45, 7) is 2.19. The lowest BCUT2D eigenvalue weighted by atomic mass is 10.0. The molecule has 0 bridgehead atoms. The smallest absolute Gasteiger partial charge is 0.115 e. The molecule has 0 rings (SSSR count). The zero-order valence-electron chi connectivity index (χ0n) is 20.0. The van der Waals surface area contributed by atoms with Crippen LogP contribution in [0.2, 0.25) is 0 Å². The summed E-state index contributed by atoms with van der Waals surface area (Å²) in [7, 11) is 0. The average Bonchev–Trinajstić information content (AvgIpc) is 2.76. The Hall–Kier alpha value is -0.800. The summed E-state index contributed by atoms with van der Waals surface area (Å²) in [5, 5.41) is 17.8. The molecule has 0 aliphatic carbocycles. The molecular formula is C27H52O3. The van der Waals surface area contributed by atoms with E-state index in [1.165, 1.54) is 103 Å². The van der Waals surface area contributed by atoms with Gasteiger partial charge in [0, 0.05) is 0 Å². The number of aliphatic hydroxyl groups is 2. The molecule has 0 aromatic heterocycles. The van der Waals surface area contributed by atoms with Crippen molar-refractivity contribution in [2.75, 3.05) is 13.2 Å². The molecule has 0 aromatic rings. The molecule has 0 amide bonds. The van der Waals surface area contributed by atoms with Crippen molar-refractivity contribution in [1.29, 1.82) is 0 Å². The number of ether oxygens (including phenoxy) is 1. The van der Waals surface area contributed by atoms with E-state index in [9.17, 15) is 0 Å². The van der Waals surface area contributed by atoms with Crippen LogP contribution in [0.4, 0.5) is 0 Å². The minimum absolute atomic E-state index is 0.159. The van der Waals surface area contributed by atoms with E-state index in [0.29, 0.717) is 0 Å². The van der Waals surface area contributed by atoms with Gasteiger partial charge in [-0.1, -0.05) is 109 Å². The van der Waals surface area contributed by atoms with E-state index < -0.39 is 6.10 Å². The number of aliphatic hydroxyl groups excluding tert-OH is 2. The number of hydrogen-bond acceptors (Lipinski definition) is 3. The molecule has 0 radical (unpaired) electrons. The van der Waals surface area contributed by atoms with Crippen LogP contribution < -0.4 is 0 Å². The van der Waals surface area contributed by atoms with E-state index in [2.05, 4.69) is 19.1 Å². The van der Waals surface area contributed by atoms with Crippen molar-refractivity contribution < 1.29 is 14.9 Å². The van der Waals surface area contributed by atoms with Gasteiger partial charge in [-0.05, 0) is 38.2 Å². The van der Waals surface area contributed by atoms with Gasteiger partial charge in [0.05, 0.1) is 12.9 Å². The highest BCUT2D eigenvalue weighted by atomic mass is 16.5. The first-order chi connectivity index (χ1) is 14.8. The molecule has 3 heteroatoms. The Morgan fingerprint density at radius 3 is 1.53 bits per heavy atom. The second-order valence-corrected chi connectivity index (χ2v) is 8.68. The van der Waals surface area contributed by atoms with Crippen LogP contribution in [0.5, 0.6) is 0 Å². The predicted octanol–water partition coefficient (Wildman–Crippen LogP) is 7.86. The van der Waals surface area contributed by atoms with Crippen LogP contribution in [0.3, 0.4) is 0 Å². The molecule has 0 aromatic carbocycles. The van der Waals surface area contributed by atoms with Gasteiger partial charge in [0.2, 0.25) is 0 Å². The van der Waals surface area contributed by atoms with Crippen molar-refractivity contribution in [1.82, 2.24) is 0 Å². The first-order valence-electron chi connectivity index (χ1n) is 13.0. The Balaban J connectivity index is 3.14. The summed E-state index contributed by atoms with van der Waals surface area (Å²) in [5.74, 6) is 0. The number of allylic oxidation sites excluding steroid dienone is 3. The molecular weight excluding hydrogens is 372 g/mol. The highest BCUT2D eigenvalue weighted by Gasteiger charge is 1.98. The Bertz CT molecular complexity index is 365. The monoisotopic (exact) mass is 424 g/mol. The molecule has 178 valence electrons. The van der Waals surface area contributed by atoms with Gasteiger partial charge in [0.25, 0.3) is 0 Å². The van der Waals surface area contributed by atoms with Crippen molar-refractivity contribution in [2.45, 2.75) is 135 Å². The van der Waals surface area contributed by atoms with Crippen molar-refractivity contribution >= 4 is 0 Å². The SMILES string of the molecule is CCCCCCCCCCCCCCCCC/C=C\CCC/C=C\OC[C@@H](O)CO. The highest BCUT2D eigenvalue weighted by molar-refractivity contribution is 4.83. The van der Waals surface area contributed by atoms with Crippen LogP contribution in [0, 0.1) is 0 Å². The third-order valence-corrected chi connectivity index (χ3v) is 5.57. The second kappa shape index (κ2) is 26.2. The van der Waals surface area contributed by atoms with E-state index in [-0.39, 0.29) is 13.2 Å². The van der Waals surface area contributed by atoms with E-state index in [0.717, 1.165) is 19.3 Å². The Labute approximate surface area is 188 Å². The Morgan fingerprint density at radius 2 is 1.03 bits per heavy atom. The summed E-state index contributed by atoms with van der Waals surface area (Å²) in [4.78, 5) is 0. The number of rotatable bonds is 24. The van der Waals surface area contributed by atoms with Crippen LogP contribution in [-0.2, 0) is 4.74 Å². The van der Waals surface area contributed by atoms with Crippen LogP contribution in [-0.4, -0.2) is 29.5 Å². The highest BCUT2D eigenvalue weighted by Crippen LogP contribution is 2.13. The summed E-state index contributed by atoms with van der Waals surface area (Å²) in [6.07, 6.45) is 33.2. The summed E-state index contributed by atoms with van der Waals surface area (Å²) in [5.41, 5.74) is 0. The van der Waals surface area contributed by atoms with Crippen LogP contribution in [0.15, 0.2) is 24.5 Å². The fourth-order valence-corrected chi connectivity index (χ4v) is 3.58. The maximum atomic E-state index is 9.12. The lowest BCUT2D eigenvalue weighted by molar-refractivity contribution is 0.0383. The lowest BCUT2D eigenvalue weighted by Gasteiger charge is -2.05. The Kier molecular flexibility index (Phi) is 25.5. The minimum Gasteiger partial charge on any atom is -0.499 e. The summed E-state index contributed by atoms with van der Waals surface area (Å²) in [6, 6.07) is 0. The van der Waals surface area contributed by atoms with Gasteiger partial charge >= 0.3 is 0 Å². The molecule has 0 aliphatic rings. The van der Waals surface area contributed by atoms with Gasteiger partial charge in [-0.3, -0.25) is 0 Å².